The van der Waals surface area contributed by atoms with Crippen molar-refractivity contribution in [3.05, 3.63) is 65.7 Å². The largest absolute Gasteiger partial charge is 0.380 e. The first-order valence-electron chi connectivity index (χ1n) is 7.95. The average Bonchev–Trinajstić information content (AvgIpc) is 3.05. The first-order chi connectivity index (χ1) is 11.3. The van der Waals surface area contributed by atoms with E-state index >= 15 is 0 Å². The van der Waals surface area contributed by atoms with E-state index in [0.29, 0.717) is 12.2 Å². The molecule has 0 aliphatic carbocycles. The molecule has 2 aromatic carbocycles. The monoisotopic (exact) mass is 310 g/mol. The minimum atomic E-state index is -0.0112. The highest BCUT2D eigenvalue weighted by atomic mass is 16.5. The Bertz CT molecular complexity index is 657. The Balaban J connectivity index is 1.60. The Kier molecular flexibility index (Phi) is 4.93. The number of nitrogens with one attached hydrogen (secondary N) is 1. The van der Waals surface area contributed by atoms with Gasteiger partial charge in [-0.25, -0.2) is 0 Å². The van der Waals surface area contributed by atoms with Gasteiger partial charge in [0, 0.05) is 37.5 Å². The molecule has 0 spiro atoms. The quantitative estimate of drug-likeness (QED) is 0.923. The van der Waals surface area contributed by atoms with Crippen molar-refractivity contribution in [2.24, 2.45) is 0 Å². The number of hydrogen-bond donors (Lipinski definition) is 1. The number of hydrogen-bond acceptors (Lipinski definition) is 3. The highest BCUT2D eigenvalue weighted by molar-refractivity contribution is 5.94. The van der Waals surface area contributed by atoms with E-state index < -0.39 is 0 Å². The lowest BCUT2D eigenvalue weighted by atomic mass is 10.1. The fourth-order valence-corrected chi connectivity index (χ4v) is 2.99. The van der Waals surface area contributed by atoms with E-state index in [4.69, 9.17) is 4.74 Å². The summed E-state index contributed by atoms with van der Waals surface area (Å²) in [6, 6.07) is 18.1. The van der Waals surface area contributed by atoms with Gasteiger partial charge >= 0.3 is 0 Å². The molecular weight excluding hydrogens is 288 g/mol. The van der Waals surface area contributed by atoms with E-state index in [1.54, 1.807) is 7.11 Å². The highest BCUT2D eigenvalue weighted by Gasteiger charge is 2.24. The molecular formula is C19H22N2O2. The van der Waals surface area contributed by atoms with Gasteiger partial charge < -0.3 is 15.0 Å². The summed E-state index contributed by atoms with van der Waals surface area (Å²) in [6.45, 7) is 2.35. The van der Waals surface area contributed by atoms with E-state index in [1.807, 2.05) is 42.5 Å². The minimum Gasteiger partial charge on any atom is -0.380 e. The maximum atomic E-state index is 12.4. The van der Waals surface area contributed by atoms with Crippen molar-refractivity contribution in [1.82, 2.24) is 5.32 Å². The van der Waals surface area contributed by atoms with E-state index in [-0.39, 0.29) is 11.9 Å². The number of benzene rings is 2. The van der Waals surface area contributed by atoms with Crippen LogP contribution < -0.4 is 10.2 Å². The molecule has 1 unspecified atom stereocenters. The molecule has 0 radical (unpaired) electrons. The summed E-state index contributed by atoms with van der Waals surface area (Å²) < 4.78 is 5.12. The summed E-state index contributed by atoms with van der Waals surface area (Å²) >= 11 is 0. The van der Waals surface area contributed by atoms with Crippen molar-refractivity contribution in [2.75, 3.05) is 25.1 Å². The first-order valence-corrected chi connectivity index (χ1v) is 7.95. The van der Waals surface area contributed by atoms with Crippen molar-refractivity contribution in [1.29, 1.82) is 0 Å². The van der Waals surface area contributed by atoms with Crippen LogP contribution in [0.25, 0.3) is 0 Å². The van der Waals surface area contributed by atoms with Crippen molar-refractivity contribution in [3.8, 4) is 0 Å². The third-order valence-corrected chi connectivity index (χ3v) is 4.14. The number of methoxy groups -OCH3 is 1. The van der Waals surface area contributed by atoms with Crippen molar-refractivity contribution in [3.63, 3.8) is 0 Å². The second-order valence-electron chi connectivity index (χ2n) is 5.87. The number of rotatable bonds is 5. The average molecular weight is 310 g/mol. The fourth-order valence-electron chi connectivity index (χ4n) is 2.99. The lowest BCUT2D eigenvalue weighted by molar-refractivity contribution is 0.0940. The zero-order chi connectivity index (χ0) is 16.1. The number of carbonyl (C=O) groups excluding carboxylic acids is 1. The molecule has 23 heavy (non-hydrogen) atoms. The predicted octanol–water partition coefficient (Wildman–Crippen LogP) is 2.84. The van der Waals surface area contributed by atoms with E-state index in [9.17, 15) is 4.79 Å². The van der Waals surface area contributed by atoms with Crippen LogP contribution in [0.15, 0.2) is 54.6 Å². The second-order valence-corrected chi connectivity index (χ2v) is 5.87. The SMILES string of the molecule is COCc1cccc(C(=O)NC2CCN(c3ccccc3)C2)c1. The standard InChI is InChI=1S/C19H22N2O2/c1-23-14-15-6-5-7-16(12-15)19(22)20-17-10-11-21(13-17)18-8-3-2-4-9-18/h2-9,12,17H,10-11,13-14H2,1H3,(H,20,22). The smallest absolute Gasteiger partial charge is 0.251 e. The number of nitrogens with zero attached hydrogens (tertiary/aromatic N) is 1. The van der Waals surface area contributed by atoms with Crippen LogP contribution in [-0.4, -0.2) is 32.1 Å². The Hall–Kier alpha value is -2.33. The van der Waals surface area contributed by atoms with E-state index in [2.05, 4.69) is 22.3 Å². The molecule has 1 aliphatic heterocycles. The molecule has 1 saturated heterocycles. The molecule has 1 amide bonds. The predicted molar refractivity (Wildman–Crippen MR) is 91.7 cm³/mol. The normalized spacial score (nSPS) is 17.3. The molecule has 1 atom stereocenters. The van der Waals surface area contributed by atoms with Crippen LogP contribution >= 0.6 is 0 Å². The lowest BCUT2D eigenvalue weighted by Gasteiger charge is -2.19. The summed E-state index contributed by atoms with van der Waals surface area (Å²) in [5.41, 5.74) is 2.92. The fraction of sp³-hybridized carbons (Fsp3) is 0.316. The first kappa shape index (κ1) is 15.6. The van der Waals surface area contributed by atoms with E-state index in [1.165, 1.54) is 5.69 Å². The Morgan fingerprint density at radius 2 is 2.04 bits per heavy atom. The number of ether oxygens (including phenoxy) is 1. The molecule has 4 nitrogen and oxygen atoms in total. The molecule has 4 heteroatoms. The van der Waals surface area contributed by atoms with Crippen LogP contribution in [0, 0.1) is 0 Å². The summed E-state index contributed by atoms with van der Waals surface area (Å²) in [7, 11) is 1.66. The number of para-hydroxylation sites is 1. The molecule has 0 saturated carbocycles. The van der Waals surface area contributed by atoms with Crippen LogP contribution in [0.5, 0.6) is 0 Å². The second kappa shape index (κ2) is 7.29. The molecule has 1 fully saturated rings. The maximum Gasteiger partial charge on any atom is 0.251 e. The van der Waals surface area contributed by atoms with Gasteiger partial charge in [0.1, 0.15) is 0 Å². The molecule has 3 rings (SSSR count). The van der Waals surface area contributed by atoms with Gasteiger partial charge in [-0.2, -0.15) is 0 Å². The number of amides is 1. The molecule has 2 aromatic rings. The number of anilines is 1. The van der Waals surface area contributed by atoms with Gasteiger partial charge in [0.2, 0.25) is 0 Å². The highest BCUT2D eigenvalue weighted by Crippen LogP contribution is 2.20. The summed E-state index contributed by atoms with van der Waals surface area (Å²) in [5, 5.41) is 3.14. The van der Waals surface area contributed by atoms with Crippen LogP contribution in [0.3, 0.4) is 0 Å². The Morgan fingerprint density at radius 3 is 2.83 bits per heavy atom. The molecule has 1 aliphatic rings. The molecule has 1 N–H and O–H groups in total. The van der Waals surface area contributed by atoms with Gasteiger partial charge in [0.15, 0.2) is 0 Å². The van der Waals surface area contributed by atoms with Gasteiger partial charge in [-0.3, -0.25) is 4.79 Å². The molecule has 120 valence electrons. The molecule has 0 aromatic heterocycles. The number of carbonyl (C=O) groups is 1. The van der Waals surface area contributed by atoms with Crippen LogP contribution in [-0.2, 0) is 11.3 Å². The van der Waals surface area contributed by atoms with Gasteiger partial charge in [-0.05, 0) is 36.2 Å². The Labute approximate surface area is 137 Å². The van der Waals surface area contributed by atoms with Crippen LogP contribution in [0.2, 0.25) is 0 Å². The zero-order valence-corrected chi connectivity index (χ0v) is 13.4. The molecule has 0 bridgehead atoms. The zero-order valence-electron chi connectivity index (χ0n) is 13.4. The maximum absolute atomic E-state index is 12.4. The van der Waals surface area contributed by atoms with Gasteiger partial charge in [-0.1, -0.05) is 30.3 Å². The summed E-state index contributed by atoms with van der Waals surface area (Å²) in [4.78, 5) is 14.7. The molecule has 1 heterocycles. The third kappa shape index (κ3) is 3.90. The summed E-state index contributed by atoms with van der Waals surface area (Å²) in [6.07, 6.45) is 0.971. The Morgan fingerprint density at radius 1 is 1.22 bits per heavy atom. The van der Waals surface area contributed by atoms with Crippen LogP contribution in [0.4, 0.5) is 5.69 Å². The van der Waals surface area contributed by atoms with Gasteiger partial charge in [-0.15, -0.1) is 0 Å². The van der Waals surface area contributed by atoms with Crippen LogP contribution in [0.1, 0.15) is 22.3 Å². The third-order valence-electron chi connectivity index (χ3n) is 4.14. The topological polar surface area (TPSA) is 41.6 Å². The lowest BCUT2D eigenvalue weighted by Crippen LogP contribution is -2.37. The van der Waals surface area contributed by atoms with E-state index in [0.717, 1.165) is 25.1 Å². The van der Waals surface area contributed by atoms with Gasteiger partial charge in [0.25, 0.3) is 5.91 Å². The summed E-state index contributed by atoms with van der Waals surface area (Å²) in [5.74, 6) is -0.0112. The van der Waals surface area contributed by atoms with Gasteiger partial charge in [0.05, 0.1) is 6.61 Å². The van der Waals surface area contributed by atoms with Crippen molar-refractivity contribution >= 4 is 11.6 Å². The van der Waals surface area contributed by atoms with Crippen molar-refractivity contribution < 1.29 is 9.53 Å². The van der Waals surface area contributed by atoms with Crippen molar-refractivity contribution in [2.45, 2.75) is 19.1 Å². The minimum absolute atomic E-state index is 0.0112.